The highest BCUT2D eigenvalue weighted by Crippen LogP contribution is 2.16. The van der Waals surface area contributed by atoms with Crippen LogP contribution in [-0.2, 0) is 0 Å². The first-order valence-corrected chi connectivity index (χ1v) is 3.94. The lowest BCUT2D eigenvalue weighted by Crippen LogP contribution is -1.89. The van der Waals surface area contributed by atoms with Crippen LogP contribution in [0.15, 0.2) is 25.0 Å². The van der Waals surface area contributed by atoms with Gasteiger partial charge in [0.05, 0.1) is 0 Å². The molecular formula is C9H10ClN. The largest absolute Gasteiger partial charge is 0.264 e. The predicted molar refractivity (Wildman–Crippen MR) is 48.7 cm³/mol. The fourth-order valence-corrected chi connectivity index (χ4v) is 1.05. The monoisotopic (exact) mass is 167 g/mol. The van der Waals surface area contributed by atoms with Crippen LogP contribution in [0.2, 0.25) is 0 Å². The van der Waals surface area contributed by atoms with E-state index in [4.69, 9.17) is 11.6 Å². The molecule has 0 aliphatic heterocycles. The van der Waals surface area contributed by atoms with Gasteiger partial charge in [-0.25, -0.2) is 0 Å². The van der Waals surface area contributed by atoms with Gasteiger partial charge in [0.15, 0.2) is 0 Å². The van der Waals surface area contributed by atoms with Crippen LogP contribution < -0.4 is 0 Å². The third-order valence-electron chi connectivity index (χ3n) is 1.58. The molecule has 0 atom stereocenters. The number of hydrogen-bond acceptors (Lipinski definition) is 1. The van der Waals surface area contributed by atoms with E-state index >= 15 is 0 Å². The Kier molecular flexibility index (Phi) is 2.66. The van der Waals surface area contributed by atoms with Gasteiger partial charge in [-0.2, -0.15) is 0 Å². The quantitative estimate of drug-likeness (QED) is 0.618. The minimum atomic E-state index is 0.465. The molecule has 2 heteroatoms. The van der Waals surface area contributed by atoms with Gasteiger partial charge in [-0.1, -0.05) is 6.58 Å². The number of pyridine rings is 1. The van der Waals surface area contributed by atoms with Crippen molar-refractivity contribution >= 4 is 17.2 Å². The van der Waals surface area contributed by atoms with Gasteiger partial charge in [-0.15, -0.1) is 11.6 Å². The first-order chi connectivity index (χ1) is 5.25. The normalized spacial score (nSPS) is 9.64. The molecular weight excluding hydrogens is 158 g/mol. The Bertz CT molecular complexity index is 268. The zero-order chi connectivity index (χ0) is 8.27. The Balaban J connectivity index is 3.03. The molecule has 58 valence electrons. The fourth-order valence-electron chi connectivity index (χ4n) is 0.906. The number of allylic oxidation sites excluding steroid dienone is 1. The maximum atomic E-state index is 5.63. The lowest BCUT2D eigenvalue weighted by molar-refractivity contribution is 1.26. The maximum Gasteiger partial charge on any atom is 0.0474 e. The van der Waals surface area contributed by atoms with Crippen molar-refractivity contribution in [3.63, 3.8) is 0 Å². The van der Waals surface area contributed by atoms with Gasteiger partial charge in [0.1, 0.15) is 0 Å². The molecule has 0 radical (unpaired) electrons. The van der Waals surface area contributed by atoms with Crippen molar-refractivity contribution in [3.05, 3.63) is 36.2 Å². The molecule has 0 saturated carbocycles. The molecule has 0 fully saturated rings. The third kappa shape index (κ3) is 1.81. The molecule has 11 heavy (non-hydrogen) atoms. The van der Waals surface area contributed by atoms with Crippen LogP contribution in [0.1, 0.15) is 11.1 Å². The molecule has 0 aliphatic rings. The van der Waals surface area contributed by atoms with E-state index in [1.54, 1.807) is 12.4 Å². The third-order valence-corrected chi connectivity index (χ3v) is 1.90. The summed E-state index contributed by atoms with van der Waals surface area (Å²) in [4.78, 5) is 4.00. The molecule has 1 nitrogen and oxygen atoms in total. The topological polar surface area (TPSA) is 12.9 Å². The van der Waals surface area contributed by atoms with Crippen LogP contribution in [-0.4, -0.2) is 10.9 Å². The number of rotatable bonds is 2. The molecule has 1 aromatic rings. The standard InChI is InChI=1S/C9H10ClN/c1-7-3-4-11-6-9(7)8(2)5-10/h3-4,6H,2,5H2,1H3. The Morgan fingerprint density at radius 1 is 1.73 bits per heavy atom. The van der Waals surface area contributed by atoms with Gasteiger partial charge < -0.3 is 0 Å². The van der Waals surface area contributed by atoms with Gasteiger partial charge in [0, 0.05) is 18.3 Å². The van der Waals surface area contributed by atoms with Gasteiger partial charge in [0.25, 0.3) is 0 Å². The second-order valence-corrected chi connectivity index (χ2v) is 2.70. The van der Waals surface area contributed by atoms with Crippen molar-refractivity contribution in [1.29, 1.82) is 0 Å². The maximum absolute atomic E-state index is 5.63. The molecule has 0 aliphatic carbocycles. The molecule has 0 aromatic carbocycles. The number of hydrogen-bond donors (Lipinski definition) is 0. The molecule has 1 heterocycles. The first-order valence-electron chi connectivity index (χ1n) is 3.40. The number of aromatic nitrogens is 1. The summed E-state index contributed by atoms with van der Waals surface area (Å²) >= 11 is 5.63. The Morgan fingerprint density at radius 3 is 3.00 bits per heavy atom. The minimum Gasteiger partial charge on any atom is -0.264 e. The van der Waals surface area contributed by atoms with E-state index in [-0.39, 0.29) is 0 Å². The van der Waals surface area contributed by atoms with E-state index in [1.807, 2.05) is 13.0 Å². The molecule has 1 aromatic heterocycles. The minimum absolute atomic E-state index is 0.465. The second-order valence-electron chi connectivity index (χ2n) is 2.43. The van der Waals surface area contributed by atoms with E-state index < -0.39 is 0 Å². The summed E-state index contributed by atoms with van der Waals surface area (Å²) < 4.78 is 0. The average Bonchev–Trinajstić information content (AvgIpc) is 2.04. The zero-order valence-corrected chi connectivity index (χ0v) is 7.23. The van der Waals surface area contributed by atoms with E-state index in [0.29, 0.717) is 5.88 Å². The van der Waals surface area contributed by atoms with Gasteiger partial charge in [-0.05, 0) is 29.7 Å². The van der Waals surface area contributed by atoms with Crippen LogP contribution in [0.25, 0.3) is 5.57 Å². The number of nitrogens with zero attached hydrogens (tertiary/aromatic N) is 1. The molecule has 0 bridgehead atoms. The van der Waals surface area contributed by atoms with Crippen LogP contribution in [0.3, 0.4) is 0 Å². The molecule has 0 unspecified atom stereocenters. The van der Waals surface area contributed by atoms with Crippen LogP contribution in [0.5, 0.6) is 0 Å². The van der Waals surface area contributed by atoms with Gasteiger partial charge in [0.2, 0.25) is 0 Å². The number of alkyl halides is 1. The van der Waals surface area contributed by atoms with E-state index in [1.165, 1.54) is 5.56 Å². The van der Waals surface area contributed by atoms with Crippen molar-refractivity contribution in [2.45, 2.75) is 6.92 Å². The fraction of sp³-hybridized carbons (Fsp3) is 0.222. The average molecular weight is 168 g/mol. The van der Waals surface area contributed by atoms with Gasteiger partial charge in [-0.3, -0.25) is 4.98 Å². The van der Waals surface area contributed by atoms with Crippen LogP contribution in [0, 0.1) is 6.92 Å². The van der Waals surface area contributed by atoms with E-state index in [9.17, 15) is 0 Å². The van der Waals surface area contributed by atoms with Crippen molar-refractivity contribution in [3.8, 4) is 0 Å². The summed E-state index contributed by atoms with van der Waals surface area (Å²) in [6.07, 6.45) is 3.56. The molecule has 0 N–H and O–H groups in total. The predicted octanol–water partition coefficient (Wildman–Crippen LogP) is 2.64. The number of aryl methyl sites for hydroxylation is 1. The Hall–Kier alpha value is -0.820. The molecule has 1 rings (SSSR count). The highest BCUT2D eigenvalue weighted by Gasteiger charge is 1.99. The van der Waals surface area contributed by atoms with Crippen molar-refractivity contribution in [2.24, 2.45) is 0 Å². The van der Waals surface area contributed by atoms with Crippen molar-refractivity contribution in [1.82, 2.24) is 4.98 Å². The zero-order valence-electron chi connectivity index (χ0n) is 6.47. The summed E-state index contributed by atoms with van der Waals surface area (Å²) in [5.41, 5.74) is 3.16. The van der Waals surface area contributed by atoms with E-state index in [0.717, 1.165) is 11.1 Å². The SMILES string of the molecule is C=C(CCl)c1cnccc1C. The molecule has 0 spiro atoms. The lowest BCUT2D eigenvalue weighted by Gasteiger charge is -2.03. The first kappa shape index (κ1) is 8.28. The van der Waals surface area contributed by atoms with Crippen molar-refractivity contribution < 1.29 is 0 Å². The highest BCUT2D eigenvalue weighted by atomic mass is 35.5. The highest BCUT2D eigenvalue weighted by molar-refractivity contribution is 6.23. The summed E-state index contributed by atoms with van der Waals surface area (Å²) in [5, 5.41) is 0. The smallest absolute Gasteiger partial charge is 0.0474 e. The number of halogens is 1. The van der Waals surface area contributed by atoms with Crippen LogP contribution in [0.4, 0.5) is 0 Å². The van der Waals surface area contributed by atoms with E-state index in [2.05, 4.69) is 11.6 Å². The summed E-state index contributed by atoms with van der Waals surface area (Å²) in [6, 6.07) is 1.95. The Labute approximate surface area is 71.7 Å². The summed E-state index contributed by atoms with van der Waals surface area (Å²) in [5.74, 6) is 0.465. The molecule has 0 saturated heterocycles. The second kappa shape index (κ2) is 3.54. The Morgan fingerprint density at radius 2 is 2.45 bits per heavy atom. The molecule has 0 amide bonds. The van der Waals surface area contributed by atoms with Crippen LogP contribution >= 0.6 is 11.6 Å². The van der Waals surface area contributed by atoms with Crippen molar-refractivity contribution in [2.75, 3.05) is 5.88 Å². The summed E-state index contributed by atoms with van der Waals surface area (Å²) in [7, 11) is 0. The summed E-state index contributed by atoms with van der Waals surface area (Å²) in [6.45, 7) is 5.85. The van der Waals surface area contributed by atoms with Gasteiger partial charge >= 0.3 is 0 Å². The lowest BCUT2D eigenvalue weighted by atomic mass is 10.1.